The summed E-state index contributed by atoms with van der Waals surface area (Å²) in [4.78, 5) is 11.3. The summed E-state index contributed by atoms with van der Waals surface area (Å²) in [6.07, 6.45) is 0. The average Bonchev–Trinajstić information content (AvgIpc) is 3.94. The van der Waals surface area contributed by atoms with Crippen molar-refractivity contribution in [3.63, 3.8) is 0 Å². The zero-order valence-electron chi connectivity index (χ0n) is 30.3. The molecule has 55 heavy (non-hydrogen) atoms. The average molecular weight is 701 g/mol. The molecule has 13 rings (SSSR count). The fourth-order valence-electron chi connectivity index (χ4n) is 10.4. The Morgan fingerprint density at radius 2 is 1.05 bits per heavy atom. The van der Waals surface area contributed by atoms with E-state index in [9.17, 15) is 0 Å². The van der Waals surface area contributed by atoms with Gasteiger partial charge < -0.3 is 4.40 Å². The van der Waals surface area contributed by atoms with Crippen LogP contribution in [0.1, 0.15) is 25.0 Å². The molecule has 0 saturated carbocycles. The minimum atomic E-state index is -0.265. The van der Waals surface area contributed by atoms with Crippen molar-refractivity contribution < 1.29 is 0 Å². The van der Waals surface area contributed by atoms with E-state index in [-0.39, 0.29) is 5.41 Å². The van der Waals surface area contributed by atoms with Gasteiger partial charge in [-0.25, -0.2) is 9.97 Å². The van der Waals surface area contributed by atoms with Crippen LogP contribution < -0.4 is 0 Å². The van der Waals surface area contributed by atoms with Gasteiger partial charge in [-0.3, -0.25) is 4.57 Å². The highest BCUT2D eigenvalue weighted by Gasteiger charge is 2.40. The fraction of sp³-hybridized carbons (Fsp3) is 0.0588. The Morgan fingerprint density at radius 1 is 0.436 bits per heavy atom. The number of benzene rings is 8. The van der Waals surface area contributed by atoms with Crippen molar-refractivity contribution in [2.45, 2.75) is 19.3 Å². The first-order valence-corrected chi connectivity index (χ1v) is 19.1. The van der Waals surface area contributed by atoms with Crippen LogP contribution in [0.25, 0.3) is 110 Å². The maximum Gasteiger partial charge on any atom is 0.235 e. The number of nitrogens with zero attached hydrogens (tertiary/aromatic N) is 4. The SMILES string of the molecule is CC1(C)c2ccccc2-c2nc(-n3c4ccccc4c4c3c3ccccc3c3c5cccc6c7ccc8ccccc8c7n(c65)c34)nc(-c3ccccc3)c21. The molecule has 0 N–H and O–H groups in total. The first-order chi connectivity index (χ1) is 27.1. The molecule has 0 radical (unpaired) electrons. The van der Waals surface area contributed by atoms with Crippen LogP contribution >= 0.6 is 0 Å². The smallest absolute Gasteiger partial charge is 0.235 e. The number of fused-ring (bicyclic) bond motifs is 18. The monoisotopic (exact) mass is 700 g/mol. The van der Waals surface area contributed by atoms with Crippen molar-refractivity contribution >= 4 is 81.4 Å². The van der Waals surface area contributed by atoms with Crippen LogP contribution in [0.2, 0.25) is 0 Å². The summed E-state index contributed by atoms with van der Waals surface area (Å²) in [5, 5.41) is 12.5. The van der Waals surface area contributed by atoms with E-state index in [1.807, 2.05) is 0 Å². The van der Waals surface area contributed by atoms with E-state index in [0.717, 1.165) is 28.0 Å². The number of aromatic nitrogens is 4. The van der Waals surface area contributed by atoms with Crippen molar-refractivity contribution in [3.8, 4) is 28.5 Å². The van der Waals surface area contributed by atoms with Gasteiger partial charge >= 0.3 is 0 Å². The van der Waals surface area contributed by atoms with Crippen molar-refractivity contribution in [2.24, 2.45) is 0 Å². The third kappa shape index (κ3) is 3.53. The molecule has 1 aliphatic rings. The quantitative estimate of drug-likeness (QED) is 0.180. The van der Waals surface area contributed by atoms with E-state index in [0.29, 0.717) is 5.95 Å². The lowest BCUT2D eigenvalue weighted by Crippen LogP contribution is -2.18. The molecular weight excluding hydrogens is 669 g/mol. The molecule has 4 aromatic heterocycles. The van der Waals surface area contributed by atoms with Crippen LogP contribution in [-0.4, -0.2) is 18.9 Å². The van der Waals surface area contributed by atoms with Crippen LogP contribution in [0.3, 0.4) is 0 Å². The van der Waals surface area contributed by atoms with Crippen LogP contribution in [0.4, 0.5) is 0 Å². The minimum absolute atomic E-state index is 0.265. The van der Waals surface area contributed by atoms with Gasteiger partial charge in [-0.05, 0) is 22.4 Å². The van der Waals surface area contributed by atoms with Gasteiger partial charge in [0.05, 0.1) is 39.0 Å². The Kier molecular flexibility index (Phi) is 5.42. The lowest BCUT2D eigenvalue weighted by Gasteiger charge is -2.24. The summed E-state index contributed by atoms with van der Waals surface area (Å²) in [6.45, 7) is 4.63. The molecule has 0 atom stereocenters. The third-order valence-electron chi connectivity index (χ3n) is 12.6. The molecule has 1 aliphatic carbocycles. The van der Waals surface area contributed by atoms with Crippen LogP contribution in [0.15, 0.2) is 158 Å². The maximum atomic E-state index is 5.64. The highest BCUT2D eigenvalue weighted by atomic mass is 15.2. The molecule has 4 heteroatoms. The summed E-state index contributed by atoms with van der Waals surface area (Å²) >= 11 is 0. The van der Waals surface area contributed by atoms with Gasteiger partial charge in [-0.2, -0.15) is 0 Å². The summed E-state index contributed by atoms with van der Waals surface area (Å²) in [6, 6.07) is 57.5. The summed E-state index contributed by atoms with van der Waals surface area (Å²) < 4.78 is 4.94. The highest BCUT2D eigenvalue weighted by molar-refractivity contribution is 6.40. The van der Waals surface area contributed by atoms with Gasteiger partial charge in [0, 0.05) is 65.2 Å². The molecule has 12 aromatic rings. The highest BCUT2D eigenvalue weighted by Crippen LogP contribution is 2.53. The number of hydrogen-bond acceptors (Lipinski definition) is 2. The van der Waals surface area contributed by atoms with Crippen LogP contribution in [-0.2, 0) is 5.41 Å². The normalized spacial score (nSPS) is 13.8. The van der Waals surface area contributed by atoms with E-state index in [2.05, 4.69) is 181 Å². The predicted molar refractivity (Wildman–Crippen MR) is 229 cm³/mol. The molecule has 0 unspecified atom stereocenters. The zero-order valence-corrected chi connectivity index (χ0v) is 30.3. The Bertz CT molecular complexity index is 3620. The van der Waals surface area contributed by atoms with Crippen LogP contribution in [0, 0.1) is 0 Å². The number of hydrogen-bond donors (Lipinski definition) is 0. The second-order valence-corrected chi connectivity index (χ2v) is 15.7. The fourth-order valence-corrected chi connectivity index (χ4v) is 10.4. The van der Waals surface area contributed by atoms with Gasteiger partial charge in [-0.1, -0.05) is 166 Å². The summed E-state index contributed by atoms with van der Waals surface area (Å²) in [5.74, 6) is 0.685. The molecule has 4 heterocycles. The van der Waals surface area contributed by atoms with Gasteiger partial charge in [0.1, 0.15) is 0 Å². The molecule has 8 aromatic carbocycles. The van der Waals surface area contributed by atoms with E-state index in [4.69, 9.17) is 9.97 Å². The lowest BCUT2D eigenvalue weighted by atomic mass is 9.81. The van der Waals surface area contributed by atoms with Gasteiger partial charge in [0.2, 0.25) is 5.95 Å². The van der Waals surface area contributed by atoms with Gasteiger partial charge in [0.15, 0.2) is 0 Å². The molecule has 0 spiro atoms. The topological polar surface area (TPSA) is 35.1 Å². The Balaban J connectivity index is 1.29. The minimum Gasteiger partial charge on any atom is -0.307 e. The van der Waals surface area contributed by atoms with Crippen molar-refractivity contribution in [1.29, 1.82) is 0 Å². The molecular formula is C51H32N4. The van der Waals surface area contributed by atoms with E-state index >= 15 is 0 Å². The lowest BCUT2D eigenvalue weighted by molar-refractivity contribution is 0.657. The van der Waals surface area contributed by atoms with Gasteiger partial charge in [-0.15, -0.1) is 0 Å². The molecule has 4 nitrogen and oxygen atoms in total. The van der Waals surface area contributed by atoms with E-state index in [1.165, 1.54) is 87.1 Å². The zero-order chi connectivity index (χ0) is 36.2. The Labute approximate surface area is 315 Å². The molecule has 0 fully saturated rings. The first kappa shape index (κ1) is 29.4. The van der Waals surface area contributed by atoms with Crippen molar-refractivity contribution in [2.75, 3.05) is 0 Å². The first-order valence-electron chi connectivity index (χ1n) is 19.1. The Morgan fingerprint density at radius 3 is 1.93 bits per heavy atom. The van der Waals surface area contributed by atoms with E-state index < -0.39 is 0 Å². The molecule has 0 aliphatic heterocycles. The number of rotatable bonds is 2. The number of para-hydroxylation sites is 2. The third-order valence-corrected chi connectivity index (χ3v) is 12.6. The van der Waals surface area contributed by atoms with Crippen molar-refractivity contribution in [1.82, 2.24) is 18.9 Å². The molecule has 0 bridgehead atoms. The predicted octanol–water partition coefficient (Wildman–Crippen LogP) is 13.0. The van der Waals surface area contributed by atoms with Crippen LogP contribution in [0.5, 0.6) is 0 Å². The molecule has 256 valence electrons. The van der Waals surface area contributed by atoms with E-state index in [1.54, 1.807) is 0 Å². The Hall–Kier alpha value is -7.04. The second-order valence-electron chi connectivity index (χ2n) is 15.7. The van der Waals surface area contributed by atoms with Gasteiger partial charge in [0.25, 0.3) is 0 Å². The standard InChI is InChI=1S/C51H32N4/c1-51(2)39-25-12-10-21-36(39)45-43(51)44(30-16-4-3-5-17-30)52-50(53-45)54-40-26-13-11-22-37(40)42-48(54)33-20-9-8-19-32(33)41-38-24-14-23-34-35-28-27-29-15-6-7-18-31(29)46(35)55(47(34)38)49(41)42/h3-28H,1-2H3. The van der Waals surface area contributed by atoms with Crippen molar-refractivity contribution in [3.05, 3.63) is 169 Å². The molecule has 0 amide bonds. The largest absolute Gasteiger partial charge is 0.307 e. The molecule has 0 saturated heterocycles. The second kappa shape index (κ2) is 10.1. The maximum absolute atomic E-state index is 5.64. The summed E-state index contributed by atoms with van der Waals surface area (Å²) in [7, 11) is 0. The summed E-state index contributed by atoms with van der Waals surface area (Å²) in [5.41, 5.74) is 12.5.